The molecule has 5 heteroatoms. The molecule has 0 amide bonds. The molecule has 1 N–H and O–H groups in total. The van der Waals surface area contributed by atoms with Gasteiger partial charge in [0.05, 0.1) is 11.3 Å². The van der Waals surface area contributed by atoms with E-state index in [-0.39, 0.29) is 12.2 Å². The summed E-state index contributed by atoms with van der Waals surface area (Å²) in [6, 6.07) is 0. The number of aromatic nitrogens is 1. The molecule has 0 aliphatic carbocycles. The Morgan fingerprint density at radius 3 is 2.38 bits per heavy atom. The number of aliphatic carboxylic acids is 1. The van der Waals surface area contributed by atoms with Gasteiger partial charge in [0, 0.05) is 12.8 Å². The monoisotopic (exact) mass is 225 g/mol. The fraction of sp³-hybridized carbons (Fsp3) is 0.545. The van der Waals surface area contributed by atoms with Gasteiger partial charge in [-0.05, 0) is 26.7 Å². The molecule has 5 nitrogen and oxygen atoms in total. The molecular weight excluding hydrogens is 210 g/mol. The summed E-state index contributed by atoms with van der Waals surface area (Å²) in [4.78, 5) is 22.0. The first kappa shape index (κ1) is 12.4. The Morgan fingerprint density at radius 1 is 1.25 bits per heavy atom. The summed E-state index contributed by atoms with van der Waals surface area (Å²) in [5, 5.41) is 12.1. The van der Waals surface area contributed by atoms with Crippen LogP contribution in [-0.4, -0.2) is 22.0 Å². The van der Waals surface area contributed by atoms with Crippen LogP contribution >= 0.6 is 0 Å². The normalized spacial score (nSPS) is 10.4. The molecule has 0 aromatic carbocycles. The average Bonchev–Trinajstić information content (AvgIpc) is 2.53. The number of Topliss-reactive ketones (excluding diaryl/α,β-unsaturated/α-hetero) is 1. The molecular formula is C11H15NO4. The summed E-state index contributed by atoms with van der Waals surface area (Å²) in [6.45, 7) is 3.42. The van der Waals surface area contributed by atoms with Gasteiger partial charge in [-0.15, -0.1) is 0 Å². The smallest absolute Gasteiger partial charge is 0.303 e. The second-order valence-electron chi connectivity index (χ2n) is 3.72. The van der Waals surface area contributed by atoms with Crippen molar-refractivity contribution in [3.63, 3.8) is 0 Å². The molecule has 16 heavy (non-hydrogen) atoms. The minimum atomic E-state index is -0.829. The SMILES string of the molecule is Cc1noc(C)c1C(=O)CCCCC(=O)O. The highest BCUT2D eigenvalue weighted by Crippen LogP contribution is 2.16. The number of ketones is 1. The van der Waals surface area contributed by atoms with Crippen LogP contribution < -0.4 is 0 Å². The Labute approximate surface area is 93.4 Å². The molecule has 1 aromatic heterocycles. The molecule has 0 saturated carbocycles. The van der Waals surface area contributed by atoms with E-state index in [2.05, 4.69) is 5.16 Å². The first-order valence-electron chi connectivity index (χ1n) is 5.20. The Morgan fingerprint density at radius 2 is 1.88 bits per heavy atom. The number of nitrogens with zero attached hydrogens (tertiary/aromatic N) is 1. The van der Waals surface area contributed by atoms with E-state index in [9.17, 15) is 9.59 Å². The number of carbonyl (C=O) groups is 2. The summed E-state index contributed by atoms with van der Waals surface area (Å²) in [5.41, 5.74) is 1.14. The average molecular weight is 225 g/mol. The predicted octanol–water partition coefficient (Wildman–Crippen LogP) is 2.12. The number of aryl methyl sites for hydroxylation is 2. The van der Waals surface area contributed by atoms with Gasteiger partial charge in [-0.1, -0.05) is 5.16 Å². The van der Waals surface area contributed by atoms with Crippen LogP contribution in [0.25, 0.3) is 0 Å². The highest BCUT2D eigenvalue weighted by atomic mass is 16.5. The lowest BCUT2D eigenvalue weighted by Crippen LogP contribution is -2.02. The Hall–Kier alpha value is -1.65. The quantitative estimate of drug-likeness (QED) is 0.592. The molecule has 0 aliphatic heterocycles. The van der Waals surface area contributed by atoms with Gasteiger partial charge in [0.2, 0.25) is 0 Å². The van der Waals surface area contributed by atoms with Gasteiger partial charge in [0.15, 0.2) is 5.78 Å². The molecule has 0 aliphatic rings. The van der Waals surface area contributed by atoms with Gasteiger partial charge < -0.3 is 9.63 Å². The van der Waals surface area contributed by atoms with E-state index in [0.717, 1.165) is 0 Å². The number of hydrogen-bond donors (Lipinski definition) is 1. The third kappa shape index (κ3) is 3.18. The summed E-state index contributed by atoms with van der Waals surface area (Å²) in [7, 11) is 0. The zero-order chi connectivity index (χ0) is 12.1. The maximum atomic E-state index is 11.7. The summed E-state index contributed by atoms with van der Waals surface area (Å²) < 4.78 is 4.90. The molecule has 0 fully saturated rings. The fourth-order valence-electron chi connectivity index (χ4n) is 1.57. The molecule has 0 unspecified atom stereocenters. The molecule has 88 valence electrons. The number of carbonyl (C=O) groups excluding carboxylic acids is 1. The summed E-state index contributed by atoms with van der Waals surface area (Å²) in [5.74, 6) is -0.327. The van der Waals surface area contributed by atoms with Crippen LogP contribution in [0.15, 0.2) is 4.52 Å². The molecule has 1 heterocycles. The van der Waals surface area contributed by atoms with Crippen LogP contribution in [0.2, 0.25) is 0 Å². The number of unbranched alkanes of at least 4 members (excludes halogenated alkanes) is 1. The molecule has 0 spiro atoms. The van der Waals surface area contributed by atoms with Crippen LogP contribution in [0.3, 0.4) is 0 Å². The molecule has 0 radical (unpaired) electrons. The number of rotatable bonds is 6. The summed E-state index contributed by atoms with van der Waals surface area (Å²) in [6.07, 6.45) is 1.55. The van der Waals surface area contributed by atoms with Gasteiger partial charge >= 0.3 is 5.97 Å². The molecule has 0 bridgehead atoms. The highest BCUT2D eigenvalue weighted by molar-refractivity contribution is 5.97. The summed E-state index contributed by atoms with van der Waals surface area (Å²) >= 11 is 0. The minimum absolute atomic E-state index is 0.0263. The molecule has 0 saturated heterocycles. The molecule has 0 atom stereocenters. The highest BCUT2D eigenvalue weighted by Gasteiger charge is 2.16. The first-order chi connectivity index (χ1) is 7.52. The second-order valence-corrected chi connectivity index (χ2v) is 3.72. The molecule has 1 rings (SSSR count). The Kier molecular flexibility index (Phi) is 4.22. The third-order valence-electron chi connectivity index (χ3n) is 2.36. The van der Waals surface area contributed by atoms with E-state index >= 15 is 0 Å². The number of hydrogen-bond acceptors (Lipinski definition) is 4. The molecule has 1 aromatic rings. The van der Waals surface area contributed by atoms with E-state index in [1.807, 2.05) is 0 Å². The maximum absolute atomic E-state index is 11.7. The van der Waals surface area contributed by atoms with Crippen molar-refractivity contribution >= 4 is 11.8 Å². The van der Waals surface area contributed by atoms with Crippen molar-refractivity contribution in [2.24, 2.45) is 0 Å². The van der Waals surface area contributed by atoms with Crippen molar-refractivity contribution in [3.05, 3.63) is 17.0 Å². The lowest BCUT2D eigenvalue weighted by Gasteiger charge is -1.99. The van der Waals surface area contributed by atoms with Crippen molar-refractivity contribution in [3.8, 4) is 0 Å². The van der Waals surface area contributed by atoms with Crippen molar-refractivity contribution in [1.29, 1.82) is 0 Å². The largest absolute Gasteiger partial charge is 0.481 e. The second kappa shape index (κ2) is 5.44. The van der Waals surface area contributed by atoms with Crippen LogP contribution in [0, 0.1) is 13.8 Å². The Bertz CT molecular complexity index is 375. The Balaban J connectivity index is 2.44. The number of carboxylic acids is 1. The predicted molar refractivity (Wildman–Crippen MR) is 56.4 cm³/mol. The fourth-order valence-corrected chi connectivity index (χ4v) is 1.57. The van der Waals surface area contributed by atoms with Crippen molar-refractivity contribution in [2.75, 3.05) is 0 Å². The van der Waals surface area contributed by atoms with E-state index in [4.69, 9.17) is 9.63 Å². The van der Waals surface area contributed by atoms with Crippen molar-refractivity contribution in [1.82, 2.24) is 5.16 Å². The minimum Gasteiger partial charge on any atom is -0.481 e. The zero-order valence-electron chi connectivity index (χ0n) is 9.45. The van der Waals surface area contributed by atoms with Gasteiger partial charge in [0.1, 0.15) is 5.76 Å². The van der Waals surface area contributed by atoms with E-state index in [1.54, 1.807) is 13.8 Å². The third-order valence-corrected chi connectivity index (χ3v) is 2.36. The van der Waals surface area contributed by atoms with Crippen LogP contribution in [-0.2, 0) is 4.79 Å². The van der Waals surface area contributed by atoms with Crippen LogP contribution in [0.5, 0.6) is 0 Å². The van der Waals surface area contributed by atoms with Crippen molar-refractivity contribution in [2.45, 2.75) is 39.5 Å². The van der Waals surface area contributed by atoms with E-state index in [0.29, 0.717) is 36.3 Å². The van der Waals surface area contributed by atoms with Gasteiger partial charge in [-0.3, -0.25) is 9.59 Å². The van der Waals surface area contributed by atoms with E-state index < -0.39 is 5.97 Å². The van der Waals surface area contributed by atoms with Gasteiger partial charge in [-0.2, -0.15) is 0 Å². The number of carboxylic acid groups (broad SMARTS) is 1. The lowest BCUT2D eigenvalue weighted by molar-refractivity contribution is -0.137. The van der Waals surface area contributed by atoms with Crippen LogP contribution in [0.4, 0.5) is 0 Å². The standard InChI is InChI=1S/C11H15NO4/c1-7-11(8(2)16-12-7)9(13)5-3-4-6-10(14)15/h3-6H2,1-2H3,(H,14,15). The van der Waals surface area contributed by atoms with Crippen LogP contribution in [0.1, 0.15) is 47.5 Å². The van der Waals surface area contributed by atoms with Gasteiger partial charge in [-0.25, -0.2) is 0 Å². The topological polar surface area (TPSA) is 80.4 Å². The van der Waals surface area contributed by atoms with E-state index in [1.165, 1.54) is 0 Å². The maximum Gasteiger partial charge on any atom is 0.303 e. The van der Waals surface area contributed by atoms with Gasteiger partial charge in [0.25, 0.3) is 0 Å². The first-order valence-corrected chi connectivity index (χ1v) is 5.20. The zero-order valence-corrected chi connectivity index (χ0v) is 9.45. The van der Waals surface area contributed by atoms with Crippen molar-refractivity contribution < 1.29 is 19.2 Å². The lowest BCUT2D eigenvalue weighted by atomic mass is 10.0.